The van der Waals surface area contributed by atoms with Gasteiger partial charge < -0.3 is 14.2 Å². The van der Waals surface area contributed by atoms with Crippen LogP contribution in [0.5, 0.6) is 0 Å². The van der Waals surface area contributed by atoms with Crippen LogP contribution in [0.3, 0.4) is 0 Å². The molecule has 0 bridgehead atoms. The van der Waals surface area contributed by atoms with Crippen molar-refractivity contribution in [2.45, 2.75) is 13.5 Å². The Morgan fingerprint density at radius 1 is 1.33 bits per heavy atom. The number of esters is 1. The Kier molecular flexibility index (Phi) is 3.55. The van der Waals surface area contributed by atoms with Gasteiger partial charge in [-0.15, -0.1) is 0 Å². The average molecular weight is 248 g/mol. The molecule has 1 aliphatic rings. The van der Waals surface area contributed by atoms with E-state index in [2.05, 4.69) is 6.58 Å². The van der Waals surface area contributed by atoms with Gasteiger partial charge in [-0.2, -0.15) is 0 Å². The third kappa shape index (κ3) is 2.83. The molecule has 1 aliphatic heterocycles. The lowest BCUT2D eigenvalue weighted by atomic mass is 9.92. The van der Waals surface area contributed by atoms with Crippen LogP contribution in [-0.2, 0) is 25.6 Å². The lowest BCUT2D eigenvalue weighted by molar-refractivity contribution is -0.174. The summed E-state index contributed by atoms with van der Waals surface area (Å²) in [7, 11) is 0. The van der Waals surface area contributed by atoms with Crippen LogP contribution in [-0.4, -0.2) is 19.2 Å². The smallest absolute Gasteiger partial charge is 0.319 e. The van der Waals surface area contributed by atoms with E-state index in [1.165, 1.54) is 0 Å². The molecule has 4 heteroatoms. The fraction of sp³-hybridized carbons (Fsp3) is 0.357. The summed E-state index contributed by atoms with van der Waals surface area (Å²) in [6.07, 6.45) is 0. The van der Waals surface area contributed by atoms with Crippen molar-refractivity contribution in [3.63, 3.8) is 0 Å². The van der Waals surface area contributed by atoms with E-state index < -0.39 is 5.41 Å². The molecule has 1 aromatic carbocycles. The summed E-state index contributed by atoms with van der Waals surface area (Å²) in [6, 6.07) is 9.54. The molecule has 1 fully saturated rings. The van der Waals surface area contributed by atoms with Crippen LogP contribution in [0.25, 0.3) is 0 Å². The van der Waals surface area contributed by atoms with Crippen molar-refractivity contribution >= 4 is 5.97 Å². The number of benzene rings is 1. The van der Waals surface area contributed by atoms with Crippen molar-refractivity contribution < 1.29 is 19.0 Å². The zero-order valence-corrected chi connectivity index (χ0v) is 10.3. The topological polar surface area (TPSA) is 44.8 Å². The number of rotatable bonds is 3. The molecular formula is C14H16O4. The quantitative estimate of drug-likeness (QED) is 0.770. The van der Waals surface area contributed by atoms with Crippen LogP contribution >= 0.6 is 0 Å². The molecule has 0 aromatic heterocycles. The largest absolute Gasteiger partial charge is 0.465 e. The molecule has 0 unspecified atom stereocenters. The maximum absolute atomic E-state index is 12.0. The molecule has 4 nitrogen and oxygen atoms in total. The fourth-order valence-electron chi connectivity index (χ4n) is 1.58. The molecule has 1 heterocycles. The van der Waals surface area contributed by atoms with Crippen molar-refractivity contribution in [2.75, 3.05) is 13.2 Å². The van der Waals surface area contributed by atoms with Gasteiger partial charge in [0, 0.05) is 0 Å². The van der Waals surface area contributed by atoms with Gasteiger partial charge in [-0.25, -0.2) is 0 Å². The highest BCUT2D eigenvalue weighted by atomic mass is 16.7. The summed E-state index contributed by atoms with van der Waals surface area (Å²) in [4.78, 5) is 12.0. The molecule has 1 aromatic rings. The number of carbonyl (C=O) groups excluding carboxylic acids is 1. The second-order valence-electron chi connectivity index (χ2n) is 4.57. The van der Waals surface area contributed by atoms with Crippen molar-refractivity contribution in [1.82, 2.24) is 0 Å². The van der Waals surface area contributed by atoms with Crippen LogP contribution in [0.15, 0.2) is 42.9 Å². The summed E-state index contributed by atoms with van der Waals surface area (Å²) >= 11 is 0. The van der Waals surface area contributed by atoms with E-state index in [0.717, 1.165) is 5.56 Å². The Morgan fingerprint density at radius 2 is 1.94 bits per heavy atom. The van der Waals surface area contributed by atoms with E-state index in [0.29, 0.717) is 0 Å². The molecule has 0 saturated carbocycles. The van der Waals surface area contributed by atoms with E-state index in [9.17, 15) is 4.79 Å². The van der Waals surface area contributed by atoms with E-state index >= 15 is 0 Å². The van der Waals surface area contributed by atoms with E-state index in [1.807, 2.05) is 30.3 Å². The maximum atomic E-state index is 12.0. The summed E-state index contributed by atoms with van der Waals surface area (Å²) < 4.78 is 15.6. The number of hydrogen-bond acceptors (Lipinski definition) is 4. The first-order chi connectivity index (χ1) is 8.60. The predicted octanol–water partition coefficient (Wildman–Crippen LogP) is 2.25. The highest BCUT2D eigenvalue weighted by Crippen LogP contribution is 2.26. The first-order valence-corrected chi connectivity index (χ1v) is 5.76. The zero-order valence-electron chi connectivity index (χ0n) is 10.3. The average Bonchev–Trinajstić information content (AvgIpc) is 2.41. The van der Waals surface area contributed by atoms with E-state index in [-0.39, 0.29) is 31.7 Å². The maximum Gasteiger partial charge on any atom is 0.319 e. The predicted molar refractivity (Wildman–Crippen MR) is 65.4 cm³/mol. The Balaban J connectivity index is 1.90. The van der Waals surface area contributed by atoms with Gasteiger partial charge >= 0.3 is 5.97 Å². The minimum atomic E-state index is -0.768. The minimum Gasteiger partial charge on any atom is -0.465 e. The van der Waals surface area contributed by atoms with Gasteiger partial charge in [0.05, 0.1) is 0 Å². The third-order valence-corrected chi connectivity index (χ3v) is 2.81. The summed E-state index contributed by atoms with van der Waals surface area (Å²) in [6.45, 7) is 6.02. The number of carbonyl (C=O) groups is 1. The van der Waals surface area contributed by atoms with Crippen molar-refractivity contribution in [3.05, 3.63) is 48.4 Å². The molecule has 0 N–H and O–H groups in total. The Labute approximate surface area is 106 Å². The van der Waals surface area contributed by atoms with Gasteiger partial charge in [-0.3, -0.25) is 4.79 Å². The van der Waals surface area contributed by atoms with Gasteiger partial charge in [0.2, 0.25) is 0 Å². The van der Waals surface area contributed by atoms with Gasteiger partial charge in [-0.1, -0.05) is 30.3 Å². The highest BCUT2D eigenvalue weighted by molar-refractivity contribution is 5.77. The lowest BCUT2D eigenvalue weighted by Crippen LogP contribution is -2.41. The van der Waals surface area contributed by atoms with Crippen LogP contribution < -0.4 is 0 Å². The third-order valence-electron chi connectivity index (χ3n) is 2.81. The van der Waals surface area contributed by atoms with Crippen molar-refractivity contribution in [1.29, 1.82) is 0 Å². The van der Waals surface area contributed by atoms with Crippen LogP contribution in [0, 0.1) is 5.41 Å². The molecule has 96 valence electrons. The highest BCUT2D eigenvalue weighted by Gasteiger charge is 2.40. The molecular weight excluding hydrogens is 232 g/mol. The Hall–Kier alpha value is -1.97. The molecule has 1 saturated heterocycles. The van der Waals surface area contributed by atoms with Crippen molar-refractivity contribution in [2.24, 2.45) is 5.41 Å². The van der Waals surface area contributed by atoms with Gasteiger partial charge in [-0.05, 0) is 19.1 Å². The second kappa shape index (κ2) is 5.12. The monoisotopic (exact) mass is 248 g/mol. The van der Waals surface area contributed by atoms with Crippen LogP contribution in [0.2, 0.25) is 0 Å². The van der Waals surface area contributed by atoms with Crippen molar-refractivity contribution in [3.8, 4) is 0 Å². The molecule has 18 heavy (non-hydrogen) atoms. The summed E-state index contributed by atoms with van der Waals surface area (Å²) in [5.74, 6) is -0.0674. The fourth-order valence-corrected chi connectivity index (χ4v) is 1.58. The molecule has 2 rings (SSSR count). The van der Waals surface area contributed by atoms with Gasteiger partial charge in [0.25, 0.3) is 5.95 Å². The van der Waals surface area contributed by atoms with Gasteiger partial charge in [0.15, 0.2) is 0 Å². The van der Waals surface area contributed by atoms with Crippen LogP contribution in [0.4, 0.5) is 0 Å². The first kappa shape index (κ1) is 12.5. The zero-order chi connectivity index (χ0) is 13.0. The van der Waals surface area contributed by atoms with Gasteiger partial charge in [0.1, 0.15) is 25.2 Å². The molecule has 0 spiro atoms. The number of ether oxygens (including phenoxy) is 3. The standard InChI is InChI=1S/C14H16O4/c1-11-17-9-14(2,10-18-11)13(15)16-8-12-6-4-3-5-7-12/h3-7H,1,8-10H2,2H3. The Morgan fingerprint density at radius 3 is 2.56 bits per heavy atom. The normalized spacial score (nSPS) is 17.5. The molecule has 0 atom stereocenters. The molecule has 0 aliphatic carbocycles. The van der Waals surface area contributed by atoms with E-state index in [1.54, 1.807) is 6.92 Å². The summed E-state index contributed by atoms with van der Waals surface area (Å²) in [5.41, 5.74) is 0.187. The number of hydrogen-bond donors (Lipinski definition) is 0. The molecule has 0 amide bonds. The lowest BCUT2D eigenvalue weighted by Gasteiger charge is -2.31. The SMILES string of the molecule is C=C1OCC(C)(C(=O)OCc2ccccc2)CO1. The summed E-state index contributed by atoms with van der Waals surface area (Å²) in [5, 5.41) is 0. The van der Waals surface area contributed by atoms with Crippen LogP contribution in [0.1, 0.15) is 12.5 Å². The second-order valence-corrected chi connectivity index (χ2v) is 4.57. The minimum absolute atomic E-state index is 0.236. The first-order valence-electron chi connectivity index (χ1n) is 5.76. The Bertz CT molecular complexity index is 428. The van der Waals surface area contributed by atoms with E-state index in [4.69, 9.17) is 14.2 Å². The molecule has 0 radical (unpaired) electrons.